The van der Waals surface area contributed by atoms with Crippen LogP contribution in [0.1, 0.15) is 0 Å². The lowest BCUT2D eigenvalue weighted by molar-refractivity contribution is 0.0170. The van der Waals surface area contributed by atoms with E-state index in [0.717, 1.165) is 0 Å². The molecule has 0 atom stereocenters. The first-order valence-electron chi connectivity index (χ1n) is 4.50. The van der Waals surface area contributed by atoms with Crippen molar-refractivity contribution in [3.8, 4) is 0 Å². The Kier molecular flexibility index (Phi) is 5.97. The van der Waals surface area contributed by atoms with E-state index in [9.17, 15) is 17.2 Å². The van der Waals surface area contributed by atoms with Gasteiger partial charge in [0.05, 0.1) is 18.0 Å². The highest BCUT2D eigenvalue weighted by atomic mass is 35.5. The lowest BCUT2D eigenvalue weighted by Gasteiger charge is -2.14. The molecule has 0 saturated heterocycles. The average molecular weight is 287 g/mol. The molecule has 0 saturated carbocycles. The Bertz CT molecular complexity index is 440. The van der Waals surface area contributed by atoms with E-state index in [2.05, 4.69) is 0 Å². The van der Waals surface area contributed by atoms with Gasteiger partial charge in [0.1, 0.15) is 0 Å². The van der Waals surface area contributed by atoms with Crippen LogP contribution in [0.2, 0.25) is 0 Å². The standard InChI is InChI=1S/C9H12F2N2O2S.ClH/c10-9(11,6-12)7-13-16(14,15)8-4-2-1-3-5-8;/h1-5,13H,6-7,12H2;1H. The van der Waals surface area contributed by atoms with Crippen LogP contribution in [0.25, 0.3) is 0 Å². The number of hydrogen-bond donors (Lipinski definition) is 2. The molecule has 0 spiro atoms. The van der Waals surface area contributed by atoms with Crippen molar-refractivity contribution in [2.24, 2.45) is 5.73 Å². The van der Waals surface area contributed by atoms with E-state index < -0.39 is 29.0 Å². The van der Waals surface area contributed by atoms with Crippen molar-refractivity contribution in [3.05, 3.63) is 30.3 Å². The van der Waals surface area contributed by atoms with Gasteiger partial charge in [0.2, 0.25) is 10.0 Å². The second-order valence-electron chi connectivity index (χ2n) is 3.20. The summed E-state index contributed by atoms with van der Waals surface area (Å²) in [7, 11) is -3.89. The second kappa shape index (κ2) is 6.25. The van der Waals surface area contributed by atoms with Gasteiger partial charge in [-0.1, -0.05) is 18.2 Å². The van der Waals surface area contributed by atoms with Crippen LogP contribution in [0.4, 0.5) is 8.78 Å². The van der Waals surface area contributed by atoms with Crippen LogP contribution < -0.4 is 10.5 Å². The Balaban J connectivity index is 0.00000256. The molecule has 0 aliphatic rings. The van der Waals surface area contributed by atoms with Crippen molar-refractivity contribution in [3.63, 3.8) is 0 Å². The molecule has 0 aliphatic carbocycles. The molecule has 0 aromatic heterocycles. The summed E-state index contributed by atoms with van der Waals surface area (Å²) in [5.41, 5.74) is 4.79. The van der Waals surface area contributed by atoms with E-state index in [-0.39, 0.29) is 17.3 Å². The van der Waals surface area contributed by atoms with Crippen LogP contribution in [0, 0.1) is 0 Å². The van der Waals surface area contributed by atoms with Crippen LogP contribution in [0.3, 0.4) is 0 Å². The molecule has 0 aliphatic heterocycles. The first kappa shape index (κ1) is 16.2. The topological polar surface area (TPSA) is 72.2 Å². The largest absolute Gasteiger partial charge is 0.325 e. The van der Waals surface area contributed by atoms with E-state index in [1.54, 1.807) is 6.07 Å². The minimum absolute atomic E-state index is 0. The van der Waals surface area contributed by atoms with Gasteiger partial charge in [-0.25, -0.2) is 21.9 Å². The molecule has 0 bridgehead atoms. The molecule has 0 unspecified atom stereocenters. The first-order valence-corrected chi connectivity index (χ1v) is 5.98. The van der Waals surface area contributed by atoms with Crippen molar-refractivity contribution in [2.45, 2.75) is 10.8 Å². The molecule has 0 heterocycles. The highest BCUT2D eigenvalue weighted by Gasteiger charge is 2.29. The normalized spacial score (nSPS) is 11.9. The summed E-state index contributed by atoms with van der Waals surface area (Å²) in [5.74, 6) is -3.23. The molecule has 1 aromatic carbocycles. The summed E-state index contributed by atoms with van der Waals surface area (Å²) in [6.45, 7) is -1.90. The molecule has 1 aromatic rings. The smallest absolute Gasteiger partial charge is 0.273 e. The minimum Gasteiger partial charge on any atom is -0.325 e. The predicted octanol–water partition coefficient (Wildman–Crippen LogP) is 0.981. The number of hydrogen-bond acceptors (Lipinski definition) is 3. The number of sulfonamides is 1. The molecule has 4 nitrogen and oxygen atoms in total. The first-order chi connectivity index (χ1) is 7.37. The van der Waals surface area contributed by atoms with Crippen molar-refractivity contribution in [2.75, 3.05) is 13.1 Å². The number of nitrogens with one attached hydrogen (secondary N) is 1. The van der Waals surface area contributed by atoms with Gasteiger partial charge in [0.25, 0.3) is 5.92 Å². The van der Waals surface area contributed by atoms with Gasteiger partial charge in [-0.15, -0.1) is 12.4 Å². The maximum atomic E-state index is 12.7. The van der Waals surface area contributed by atoms with Crippen LogP contribution in [-0.2, 0) is 10.0 Å². The number of benzene rings is 1. The summed E-state index contributed by atoms with van der Waals surface area (Å²) in [4.78, 5) is -0.0529. The third-order valence-corrected chi connectivity index (χ3v) is 3.29. The predicted molar refractivity (Wildman–Crippen MR) is 62.9 cm³/mol. The van der Waals surface area contributed by atoms with Crippen molar-refractivity contribution in [1.29, 1.82) is 0 Å². The van der Waals surface area contributed by atoms with Crippen LogP contribution >= 0.6 is 12.4 Å². The molecule has 0 radical (unpaired) electrons. The van der Waals surface area contributed by atoms with Gasteiger partial charge in [0, 0.05) is 0 Å². The van der Waals surface area contributed by atoms with Gasteiger partial charge < -0.3 is 5.73 Å². The van der Waals surface area contributed by atoms with Gasteiger partial charge in [-0.2, -0.15) is 0 Å². The fourth-order valence-corrected chi connectivity index (χ4v) is 2.04. The fraction of sp³-hybridized carbons (Fsp3) is 0.333. The van der Waals surface area contributed by atoms with E-state index in [0.29, 0.717) is 0 Å². The summed E-state index contributed by atoms with van der Waals surface area (Å²) in [5, 5.41) is 0. The van der Waals surface area contributed by atoms with Gasteiger partial charge in [-0.05, 0) is 12.1 Å². The molecule has 3 N–H and O–H groups in total. The lowest BCUT2D eigenvalue weighted by Crippen LogP contribution is -2.41. The molecular weight excluding hydrogens is 274 g/mol. The third-order valence-electron chi connectivity index (χ3n) is 1.87. The Morgan fingerprint density at radius 1 is 1.24 bits per heavy atom. The number of nitrogens with two attached hydrogens (primary N) is 1. The van der Waals surface area contributed by atoms with Crippen LogP contribution in [0.15, 0.2) is 35.2 Å². The fourth-order valence-electron chi connectivity index (χ4n) is 0.956. The van der Waals surface area contributed by atoms with Gasteiger partial charge in [0.15, 0.2) is 0 Å². The molecule has 1 rings (SSSR count). The summed E-state index contributed by atoms with van der Waals surface area (Å²) in [6.07, 6.45) is 0. The maximum Gasteiger partial charge on any atom is 0.273 e. The molecule has 8 heteroatoms. The Labute approximate surface area is 105 Å². The lowest BCUT2D eigenvalue weighted by atomic mass is 10.3. The number of halogens is 3. The zero-order chi connectivity index (χ0) is 12.2. The summed E-state index contributed by atoms with van der Waals surface area (Å²) < 4.78 is 50.3. The van der Waals surface area contributed by atoms with Gasteiger partial charge in [-0.3, -0.25) is 0 Å². The third kappa shape index (κ3) is 4.95. The van der Waals surface area contributed by atoms with Crippen molar-refractivity contribution >= 4 is 22.4 Å². The molecule has 98 valence electrons. The molecule has 0 fully saturated rings. The Morgan fingerprint density at radius 3 is 2.24 bits per heavy atom. The van der Waals surface area contributed by atoms with Crippen LogP contribution in [0.5, 0.6) is 0 Å². The van der Waals surface area contributed by atoms with Crippen LogP contribution in [-0.4, -0.2) is 27.4 Å². The van der Waals surface area contributed by atoms with E-state index in [4.69, 9.17) is 5.73 Å². The number of rotatable bonds is 5. The van der Waals surface area contributed by atoms with E-state index >= 15 is 0 Å². The molecule has 0 amide bonds. The Morgan fingerprint density at radius 2 is 1.76 bits per heavy atom. The number of alkyl halides is 2. The molecular formula is C9H13ClF2N2O2S. The SMILES string of the molecule is Cl.NCC(F)(F)CNS(=O)(=O)c1ccccc1. The second-order valence-corrected chi connectivity index (χ2v) is 4.96. The maximum absolute atomic E-state index is 12.7. The van der Waals surface area contributed by atoms with E-state index in [1.165, 1.54) is 24.3 Å². The average Bonchev–Trinajstić information content (AvgIpc) is 2.28. The monoisotopic (exact) mass is 286 g/mol. The quantitative estimate of drug-likeness (QED) is 0.847. The molecule has 17 heavy (non-hydrogen) atoms. The van der Waals surface area contributed by atoms with E-state index in [1.807, 2.05) is 4.72 Å². The van der Waals surface area contributed by atoms with Crippen molar-refractivity contribution < 1.29 is 17.2 Å². The van der Waals surface area contributed by atoms with Crippen molar-refractivity contribution in [1.82, 2.24) is 4.72 Å². The zero-order valence-corrected chi connectivity index (χ0v) is 10.4. The highest BCUT2D eigenvalue weighted by molar-refractivity contribution is 7.89. The highest BCUT2D eigenvalue weighted by Crippen LogP contribution is 2.12. The summed E-state index contributed by atoms with van der Waals surface area (Å²) >= 11 is 0. The van der Waals surface area contributed by atoms with Gasteiger partial charge >= 0.3 is 0 Å². The Hall–Kier alpha value is -0.760. The summed E-state index contributed by atoms with van der Waals surface area (Å²) in [6, 6.07) is 7.30. The zero-order valence-electron chi connectivity index (χ0n) is 8.77. The minimum atomic E-state index is -3.89.